The fourth-order valence-electron chi connectivity index (χ4n) is 3.29. The summed E-state index contributed by atoms with van der Waals surface area (Å²) in [6, 6.07) is 9.98. The minimum Gasteiger partial charge on any atom is -0.339 e. The van der Waals surface area contributed by atoms with E-state index in [1.165, 1.54) is 10.4 Å². The second-order valence-corrected chi connectivity index (χ2v) is 9.31. The lowest BCUT2D eigenvalue weighted by Crippen LogP contribution is -2.52. The molecule has 1 amide bonds. The van der Waals surface area contributed by atoms with Crippen molar-refractivity contribution in [2.24, 2.45) is 0 Å². The Bertz CT molecular complexity index is 1000. The predicted octanol–water partition coefficient (Wildman–Crippen LogP) is 2.46. The maximum absolute atomic E-state index is 13.4. The van der Waals surface area contributed by atoms with Crippen molar-refractivity contribution in [2.75, 3.05) is 32.7 Å². The van der Waals surface area contributed by atoms with E-state index in [1.807, 2.05) is 6.92 Å². The van der Waals surface area contributed by atoms with Crippen LogP contribution in [0.3, 0.4) is 0 Å². The minimum absolute atomic E-state index is 0.0187. The lowest BCUT2D eigenvalue weighted by Gasteiger charge is -2.34. The van der Waals surface area contributed by atoms with Gasteiger partial charge in [0.25, 0.3) is 0 Å². The highest BCUT2D eigenvalue weighted by Gasteiger charge is 2.30. The Morgan fingerprint density at radius 2 is 1.67 bits per heavy atom. The highest BCUT2D eigenvalue weighted by molar-refractivity contribution is 7.89. The van der Waals surface area contributed by atoms with Crippen LogP contribution in [0.5, 0.6) is 0 Å². The first-order chi connectivity index (χ1) is 14.2. The van der Waals surface area contributed by atoms with Gasteiger partial charge in [-0.2, -0.15) is 4.31 Å². The molecular formula is C21H25F2N3O3S. The summed E-state index contributed by atoms with van der Waals surface area (Å²) in [5.41, 5.74) is 1.52. The number of benzene rings is 2. The number of hydrogen-bond donors (Lipinski definition) is 1. The van der Waals surface area contributed by atoms with Gasteiger partial charge >= 0.3 is 0 Å². The molecule has 162 valence electrons. The van der Waals surface area contributed by atoms with Crippen LogP contribution in [0.4, 0.5) is 8.78 Å². The topological polar surface area (TPSA) is 69.7 Å². The van der Waals surface area contributed by atoms with Gasteiger partial charge in [0.05, 0.1) is 11.4 Å². The van der Waals surface area contributed by atoms with Gasteiger partial charge in [-0.1, -0.05) is 23.8 Å². The summed E-state index contributed by atoms with van der Waals surface area (Å²) in [5, 5.41) is 3.00. The van der Waals surface area contributed by atoms with Crippen molar-refractivity contribution < 1.29 is 22.0 Å². The number of sulfonamides is 1. The normalized spacial score (nSPS) is 16.5. The molecule has 0 aromatic heterocycles. The van der Waals surface area contributed by atoms with Crippen molar-refractivity contribution >= 4 is 15.9 Å². The molecule has 1 aliphatic rings. The molecule has 9 heteroatoms. The highest BCUT2D eigenvalue weighted by Crippen LogP contribution is 2.19. The van der Waals surface area contributed by atoms with Crippen molar-refractivity contribution in [3.8, 4) is 0 Å². The van der Waals surface area contributed by atoms with E-state index in [1.54, 1.807) is 36.1 Å². The first-order valence-corrected chi connectivity index (χ1v) is 11.2. The molecule has 2 aromatic carbocycles. The van der Waals surface area contributed by atoms with Crippen LogP contribution in [0.2, 0.25) is 0 Å². The lowest BCUT2D eigenvalue weighted by atomic mass is 10.1. The zero-order valence-corrected chi connectivity index (χ0v) is 17.8. The second kappa shape index (κ2) is 9.20. The third-order valence-electron chi connectivity index (χ3n) is 5.25. The summed E-state index contributed by atoms with van der Waals surface area (Å²) in [7, 11) is -3.58. The van der Waals surface area contributed by atoms with Gasteiger partial charge in [0.15, 0.2) is 11.6 Å². The summed E-state index contributed by atoms with van der Waals surface area (Å²) < 4.78 is 53.3. The number of piperazine rings is 1. The van der Waals surface area contributed by atoms with E-state index >= 15 is 0 Å². The third kappa shape index (κ3) is 5.03. The van der Waals surface area contributed by atoms with E-state index in [4.69, 9.17) is 0 Å². The van der Waals surface area contributed by atoms with Crippen LogP contribution in [-0.2, 0) is 14.8 Å². The van der Waals surface area contributed by atoms with Crippen LogP contribution in [0, 0.1) is 18.6 Å². The number of nitrogens with zero attached hydrogens (tertiary/aromatic N) is 2. The molecule has 2 aromatic rings. The highest BCUT2D eigenvalue weighted by atomic mass is 32.2. The number of rotatable bonds is 6. The van der Waals surface area contributed by atoms with Crippen LogP contribution < -0.4 is 5.32 Å². The maximum Gasteiger partial charge on any atom is 0.243 e. The zero-order valence-electron chi connectivity index (χ0n) is 16.9. The summed E-state index contributed by atoms with van der Waals surface area (Å²) >= 11 is 0. The zero-order chi connectivity index (χ0) is 21.9. The van der Waals surface area contributed by atoms with E-state index in [9.17, 15) is 22.0 Å². The van der Waals surface area contributed by atoms with E-state index in [2.05, 4.69) is 5.32 Å². The van der Waals surface area contributed by atoms with Gasteiger partial charge in [0.2, 0.25) is 15.9 Å². The fraction of sp³-hybridized carbons (Fsp3) is 0.381. The molecule has 0 spiro atoms. The largest absolute Gasteiger partial charge is 0.339 e. The Morgan fingerprint density at radius 1 is 1.03 bits per heavy atom. The average Bonchev–Trinajstić information content (AvgIpc) is 2.74. The molecule has 1 heterocycles. The van der Waals surface area contributed by atoms with Crippen LogP contribution in [0.25, 0.3) is 0 Å². The molecular weight excluding hydrogens is 412 g/mol. The molecule has 0 unspecified atom stereocenters. The second-order valence-electron chi connectivity index (χ2n) is 7.37. The molecule has 1 saturated heterocycles. The van der Waals surface area contributed by atoms with Crippen molar-refractivity contribution in [1.29, 1.82) is 0 Å². The molecule has 3 rings (SSSR count). The first-order valence-electron chi connectivity index (χ1n) is 9.71. The Balaban J connectivity index is 1.52. The number of amides is 1. The Labute approximate surface area is 175 Å². The Kier molecular flexibility index (Phi) is 6.84. The van der Waals surface area contributed by atoms with Crippen LogP contribution in [-0.4, -0.2) is 56.3 Å². The summed E-state index contributed by atoms with van der Waals surface area (Å²) in [4.78, 5) is 14.3. The van der Waals surface area contributed by atoms with Gasteiger partial charge in [0, 0.05) is 32.2 Å². The van der Waals surface area contributed by atoms with Crippen LogP contribution >= 0.6 is 0 Å². The molecule has 6 nitrogen and oxygen atoms in total. The van der Waals surface area contributed by atoms with E-state index in [0.29, 0.717) is 18.7 Å². The van der Waals surface area contributed by atoms with Gasteiger partial charge in [-0.15, -0.1) is 0 Å². The quantitative estimate of drug-likeness (QED) is 0.754. The number of hydrogen-bond acceptors (Lipinski definition) is 4. The Morgan fingerprint density at radius 3 is 2.27 bits per heavy atom. The van der Waals surface area contributed by atoms with Crippen LogP contribution in [0.1, 0.15) is 24.1 Å². The maximum atomic E-state index is 13.4. The number of aryl methyl sites for hydroxylation is 1. The molecule has 1 fully saturated rings. The summed E-state index contributed by atoms with van der Waals surface area (Å²) in [5.74, 6) is -2.02. The van der Waals surface area contributed by atoms with Gasteiger partial charge in [-0.05, 0) is 43.7 Å². The number of carbonyl (C=O) groups is 1. The van der Waals surface area contributed by atoms with Crippen molar-refractivity contribution in [3.63, 3.8) is 0 Å². The molecule has 0 radical (unpaired) electrons. The van der Waals surface area contributed by atoms with Crippen LogP contribution in [0.15, 0.2) is 47.4 Å². The summed E-state index contributed by atoms with van der Waals surface area (Å²) in [6.45, 7) is 4.71. The van der Waals surface area contributed by atoms with E-state index < -0.39 is 21.7 Å². The summed E-state index contributed by atoms with van der Waals surface area (Å²) in [6.07, 6.45) is 0. The average molecular weight is 438 g/mol. The van der Waals surface area contributed by atoms with Gasteiger partial charge in [-0.25, -0.2) is 17.2 Å². The van der Waals surface area contributed by atoms with E-state index in [0.717, 1.165) is 17.7 Å². The molecule has 0 saturated carbocycles. The molecule has 0 aliphatic carbocycles. The predicted molar refractivity (Wildman–Crippen MR) is 109 cm³/mol. The van der Waals surface area contributed by atoms with Gasteiger partial charge < -0.3 is 10.2 Å². The molecule has 1 N–H and O–H groups in total. The number of halogens is 2. The SMILES string of the molecule is Cc1ccc(S(=O)(=O)N2CCN(C(=O)CN[C@H](C)c3ccc(F)c(F)c3)CC2)cc1. The van der Waals surface area contributed by atoms with Gasteiger partial charge in [0.1, 0.15) is 0 Å². The monoisotopic (exact) mass is 437 g/mol. The minimum atomic E-state index is -3.58. The van der Waals surface area contributed by atoms with Gasteiger partial charge in [-0.3, -0.25) is 4.79 Å². The number of carbonyl (C=O) groups excluding carboxylic acids is 1. The Hall–Kier alpha value is -2.36. The van der Waals surface area contributed by atoms with Crippen molar-refractivity contribution in [3.05, 3.63) is 65.2 Å². The third-order valence-corrected chi connectivity index (χ3v) is 7.17. The number of nitrogens with one attached hydrogen (secondary N) is 1. The molecule has 1 atom stereocenters. The molecule has 30 heavy (non-hydrogen) atoms. The molecule has 0 bridgehead atoms. The fourth-order valence-corrected chi connectivity index (χ4v) is 4.71. The first kappa shape index (κ1) is 22.3. The van der Waals surface area contributed by atoms with E-state index in [-0.39, 0.29) is 36.5 Å². The molecule has 1 aliphatic heterocycles. The standard InChI is InChI=1S/C21H25F2N3O3S/c1-15-3-6-18(7-4-15)30(28,29)26-11-9-25(10-12-26)21(27)14-24-16(2)17-5-8-19(22)20(23)13-17/h3-8,13,16,24H,9-12,14H2,1-2H3/t16-/m1/s1. The smallest absolute Gasteiger partial charge is 0.243 e. The lowest BCUT2D eigenvalue weighted by molar-refractivity contribution is -0.131. The van der Waals surface area contributed by atoms with Crippen molar-refractivity contribution in [1.82, 2.24) is 14.5 Å². The van der Waals surface area contributed by atoms with Crippen molar-refractivity contribution in [2.45, 2.75) is 24.8 Å².